The Balaban J connectivity index is 1.37. The second kappa shape index (κ2) is 12.7. The number of carbonyl (C=O) groups is 2. The van der Waals surface area contributed by atoms with Gasteiger partial charge in [-0.3, -0.25) is 24.1 Å². The maximum absolute atomic E-state index is 13.3. The number of rotatable bonds is 8. The first-order chi connectivity index (χ1) is 22.1. The summed E-state index contributed by atoms with van der Waals surface area (Å²) < 4.78 is 66.5. The van der Waals surface area contributed by atoms with Crippen LogP contribution in [0.5, 0.6) is 0 Å². The fourth-order valence-corrected chi connectivity index (χ4v) is 5.75. The normalized spacial score (nSPS) is 14.2. The minimum Gasteiger partial charge on any atom is -0.399 e. The van der Waals surface area contributed by atoms with Crippen molar-refractivity contribution in [3.05, 3.63) is 112 Å². The fourth-order valence-electron chi connectivity index (χ4n) is 4.52. The SMILES string of the molecule is Cc1cc(NC(=O)c2ccc(N)cc2)ccc1N=Nc1ccc2c(c1)C=C(S(=O)(=O)O)C(=NNc1ccc(S(=O)(=O)O)cc1C)C2=O. The van der Waals surface area contributed by atoms with Crippen molar-refractivity contribution in [3.8, 4) is 0 Å². The van der Waals surface area contributed by atoms with E-state index in [0.29, 0.717) is 33.8 Å². The number of aryl methyl sites for hydroxylation is 2. The van der Waals surface area contributed by atoms with Crippen LogP contribution in [0.25, 0.3) is 6.08 Å². The molecule has 1 aliphatic rings. The number of ketones is 1. The summed E-state index contributed by atoms with van der Waals surface area (Å²) in [7, 11) is -9.39. The van der Waals surface area contributed by atoms with Gasteiger partial charge in [-0.15, -0.1) is 0 Å². The minimum atomic E-state index is -4.93. The van der Waals surface area contributed by atoms with E-state index in [1.54, 1.807) is 49.4 Å². The molecule has 6 N–H and O–H groups in total. The number of nitrogens with two attached hydrogens (primary N) is 1. The molecule has 0 aromatic heterocycles. The van der Waals surface area contributed by atoms with Gasteiger partial charge in [0.05, 0.1) is 22.0 Å². The Kier molecular flexibility index (Phi) is 8.86. The molecule has 47 heavy (non-hydrogen) atoms. The molecule has 14 nitrogen and oxygen atoms in total. The van der Waals surface area contributed by atoms with Gasteiger partial charge in [-0.2, -0.15) is 32.2 Å². The molecule has 0 saturated heterocycles. The first-order valence-electron chi connectivity index (χ1n) is 13.6. The summed E-state index contributed by atoms with van der Waals surface area (Å²) in [6.07, 6.45) is 1.07. The van der Waals surface area contributed by atoms with Crippen molar-refractivity contribution < 1.29 is 35.5 Å². The Hall–Kier alpha value is -5.55. The Morgan fingerprint density at radius 3 is 2.17 bits per heavy atom. The number of allylic oxidation sites excluding steroid dienone is 1. The van der Waals surface area contributed by atoms with Crippen molar-refractivity contribution in [1.82, 2.24) is 0 Å². The molecule has 1 aliphatic carbocycles. The molecule has 0 heterocycles. The second-order valence-corrected chi connectivity index (χ2v) is 13.2. The lowest BCUT2D eigenvalue weighted by atomic mass is 9.94. The molecule has 0 fully saturated rings. The second-order valence-electron chi connectivity index (χ2n) is 10.4. The Morgan fingerprint density at radius 2 is 1.53 bits per heavy atom. The van der Waals surface area contributed by atoms with Crippen LogP contribution in [0.1, 0.15) is 37.4 Å². The molecule has 0 unspecified atom stereocenters. The van der Waals surface area contributed by atoms with Crippen LogP contribution in [0.3, 0.4) is 0 Å². The van der Waals surface area contributed by atoms with Gasteiger partial charge >= 0.3 is 0 Å². The van der Waals surface area contributed by atoms with Crippen molar-refractivity contribution in [2.75, 3.05) is 16.5 Å². The summed E-state index contributed by atoms with van der Waals surface area (Å²) in [5.41, 5.74) is 11.3. The predicted octanol–water partition coefficient (Wildman–Crippen LogP) is 5.69. The van der Waals surface area contributed by atoms with Gasteiger partial charge < -0.3 is 11.1 Å². The zero-order valence-electron chi connectivity index (χ0n) is 24.7. The van der Waals surface area contributed by atoms with Gasteiger partial charge in [-0.05, 0) is 115 Å². The third-order valence-electron chi connectivity index (χ3n) is 6.98. The van der Waals surface area contributed by atoms with Crippen molar-refractivity contribution in [2.45, 2.75) is 18.7 Å². The Bertz CT molecular complexity index is 2260. The van der Waals surface area contributed by atoms with E-state index in [2.05, 4.69) is 26.1 Å². The Labute approximate surface area is 269 Å². The fraction of sp³-hybridized carbons (Fsp3) is 0.0645. The molecule has 0 saturated carbocycles. The molecule has 0 atom stereocenters. The lowest BCUT2D eigenvalue weighted by Crippen LogP contribution is -2.27. The first kappa shape index (κ1) is 32.8. The third-order valence-corrected chi connectivity index (χ3v) is 8.69. The van der Waals surface area contributed by atoms with E-state index in [1.807, 2.05) is 0 Å². The van der Waals surface area contributed by atoms with E-state index in [1.165, 1.54) is 31.2 Å². The number of hydrazone groups is 1. The third kappa shape index (κ3) is 7.47. The highest BCUT2D eigenvalue weighted by atomic mass is 32.2. The van der Waals surface area contributed by atoms with Gasteiger partial charge in [0, 0.05) is 22.5 Å². The van der Waals surface area contributed by atoms with Crippen LogP contribution in [0, 0.1) is 13.8 Å². The smallest absolute Gasteiger partial charge is 0.296 e. The van der Waals surface area contributed by atoms with Gasteiger partial charge in [0.25, 0.3) is 26.1 Å². The number of nitrogens with one attached hydrogen (secondary N) is 2. The molecule has 1 amide bonds. The molecule has 0 bridgehead atoms. The number of azo groups is 1. The average molecular weight is 675 g/mol. The lowest BCUT2D eigenvalue weighted by Gasteiger charge is -2.17. The van der Waals surface area contributed by atoms with Crippen molar-refractivity contribution in [3.63, 3.8) is 0 Å². The van der Waals surface area contributed by atoms with Gasteiger partial charge in [-0.25, -0.2) is 0 Å². The maximum Gasteiger partial charge on any atom is 0.296 e. The number of hydrogen-bond donors (Lipinski definition) is 5. The topological polar surface area (TPSA) is 230 Å². The predicted molar refractivity (Wildman–Crippen MR) is 177 cm³/mol. The largest absolute Gasteiger partial charge is 0.399 e. The number of benzene rings is 4. The zero-order chi connectivity index (χ0) is 34.1. The number of anilines is 3. The van der Waals surface area contributed by atoms with Crippen LogP contribution in [-0.4, -0.2) is 43.3 Å². The molecule has 0 spiro atoms. The number of fused-ring (bicyclic) bond motifs is 1. The number of hydrogen-bond acceptors (Lipinski definition) is 11. The van der Waals surface area contributed by atoms with Crippen LogP contribution in [0.2, 0.25) is 0 Å². The summed E-state index contributed by atoms with van der Waals surface area (Å²) >= 11 is 0. The number of nitrogens with zero attached hydrogens (tertiary/aromatic N) is 3. The number of carbonyl (C=O) groups excluding carboxylic acids is 2. The standard InChI is InChI=1S/C31H26N6O8S2/c1-17-13-22(33-31(39)19-3-5-21(32)6-4-19)8-11-26(17)35-34-23-7-10-25-20(15-23)16-28(47(43,44)45)29(30(25)38)37-36-27-12-9-24(14-18(27)2)46(40,41)42/h3-16,36H,32H2,1-2H3,(H,33,39)(H,40,41,42)(H,43,44,45). The summed E-state index contributed by atoms with van der Waals surface area (Å²) in [4.78, 5) is 24.7. The van der Waals surface area contributed by atoms with E-state index >= 15 is 0 Å². The average Bonchev–Trinajstić information content (AvgIpc) is 3.00. The van der Waals surface area contributed by atoms with Crippen molar-refractivity contribution in [1.29, 1.82) is 0 Å². The van der Waals surface area contributed by atoms with E-state index < -0.39 is 36.6 Å². The molecule has 240 valence electrons. The van der Waals surface area contributed by atoms with E-state index in [0.717, 1.165) is 18.2 Å². The molecule has 4 aromatic rings. The highest BCUT2D eigenvalue weighted by molar-refractivity contribution is 7.91. The molecule has 4 aromatic carbocycles. The lowest BCUT2D eigenvalue weighted by molar-refractivity contribution is 0.102. The monoisotopic (exact) mass is 674 g/mol. The van der Waals surface area contributed by atoms with Crippen molar-refractivity contribution >= 4 is 72.2 Å². The Morgan fingerprint density at radius 1 is 0.809 bits per heavy atom. The highest BCUT2D eigenvalue weighted by Crippen LogP contribution is 2.31. The van der Waals surface area contributed by atoms with Gasteiger partial charge in [0.2, 0.25) is 5.78 Å². The van der Waals surface area contributed by atoms with Crippen LogP contribution in [0.15, 0.2) is 104 Å². The minimum absolute atomic E-state index is 0.0766. The molecular weight excluding hydrogens is 649 g/mol. The summed E-state index contributed by atoms with van der Waals surface area (Å²) in [5, 5.41) is 15.2. The molecule has 5 rings (SSSR count). The van der Waals surface area contributed by atoms with Gasteiger partial charge in [-0.1, -0.05) is 0 Å². The van der Waals surface area contributed by atoms with Crippen LogP contribution < -0.4 is 16.5 Å². The summed E-state index contributed by atoms with van der Waals surface area (Å²) in [5.74, 6) is -1.13. The maximum atomic E-state index is 13.3. The summed E-state index contributed by atoms with van der Waals surface area (Å²) in [6.45, 7) is 3.28. The highest BCUT2D eigenvalue weighted by Gasteiger charge is 2.33. The first-order valence-corrected chi connectivity index (χ1v) is 16.5. The molecule has 0 radical (unpaired) electrons. The van der Waals surface area contributed by atoms with Crippen molar-refractivity contribution in [2.24, 2.45) is 15.3 Å². The van der Waals surface area contributed by atoms with Gasteiger partial charge in [0.1, 0.15) is 4.91 Å². The summed E-state index contributed by atoms with van der Waals surface area (Å²) in [6, 6.07) is 19.4. The zero-order valence-corrected chi connectivity index (χ0v) is 26.3. The molecular formula is C31H26N6O8S2. The quantitative estimate of drug-likeness (QED) is 0.0663. The van der Waals surface area contributed by atoms with Gasteiger partial charge in [0.15, 0.2) is 5.71 Å². The number of Topliss-reactive ketones (excluding diaryl/α,β-unsaturated/α-hetero) is 1. The molecule has 16 heteroatoms. The molecule has 0 aliphatic heterocycles. The van der Waals surface area contributed by atoms with E-state index in [-0.39, 0.29) is 33.3 Å². The van der Waals surface area contributed by atoms with E-state index in [4.69, 9.17) is 5.73 Å². The number of nitrogen functional groups attached to an aromatic ring is 1. The number of amides is 1. The van der Waals surface area contributed by atoms with Crippen LogP contribution in [-0.2, 0) is 20.2 Å². The van der Waals surface area contributed by atoms with Crippen LogP contribution >= 0.6 is 0 Å². The van der Waals surface area contributed by atoms with E-state index in [9.17, 15) is 35.5 Å². The van der Waals surface area contributed by atoms with Crippen LogP contribution in [0.4, 0.5) is 28.4 Å².